The van der Waals surface area contributed by atoms with Crippen LogP contribution in [0.3, 0.4) is 0 Å². The smallest absolute Gasteiger partial charge is 0.339 e. The van der Waals surface area contributed by atoms with Crippen LogP contribution in [0.5, 0.6) is 0 Å². The molecule has 0 aliphatic carbocycles. The van der Waals surface area contributed by atoms with Gasteiger partial charge in [0.1, 0.15) is 5.56 Å². The summed E-state index contributed by atoms with van der Waals surface area (Å²) in [6.45, 7) is 5.78. The monoisotopic (exact) mass is 327 g/mol. The average molecular weight is 327 g/mol. The number of nitrogens with zero attached hydrogens (tertiary/aromatic N) is 3. The van der Waals surface area contributed by atoms with Crippen molar-refractivity contribution in [1.82, 2.24) is 14.7 Å². The third-order valence-corrected chi connectivity index (χ3v) is 4.33. The van der Waals surface area contributed by atoms with Crippen molar-refractivity contribution >= 4 is 11.9 Å². The average Bonchev–Trinajstić information content (AvgIpc) is 3.03. The summed E-state index contributed by atoms with van der Waals surface area (Å²) in [5.41, 5.74) is 2.89. The summed E-state index contributed by atoms with van der Waals surface area (Å²) in [7, 11) is 0. The quantitative estimate of drug-likeness (QED) is 0.914. The van der Waals surface area contributed by atoms with Crippen molar-refractivity contribution in [2.45, 2.75) is 33.4 Å². The molecule has 0 saturated carbocycles. The van der Waals surface area contributed by atoms with E-state index in [-0.39, 0.29) is 11.5 Å². The Labute approximate surface area is 140 Å². The molecule has 1 atom stereocenters. The van der Waals surface area contributed by atoms with E-state index in [0.717, 1.165) is 17.7 Å². The number of aromatic carboxylic acids is 1. The summed E-state index contributed by atoms with van der Waals surface area (Å²) in [6.07, 6.45) is 2.19. The molecule has 1 aliphatic rings. The lowest BCUT2D eigenvalue weighted by Crippen LogP contribution is -2.24. The number of rotatable bonds is 5. The summed E-state index contributed by atoms with van der Waals surface area (Å²) in [5, 5.41) is 13.3. The molecule has 1 unspecified atom stereocenters. The molecule has 1 fully saturated rings. The number of benzene rings is 1. The molecule has 3 rings (SSSR count). The minimum Gasteiger partial charge on any atom is -0.478 e. The van der Waals surface area contributed by atoms with E-state index in [9.17, 15) is 9.59 Å². The zero-order chi connectivity index (χ0) is 17.3. The van der Waals surface area contributed by atoms with E-state index in [1.807, 2.05) is 29.2 Å². The summed E-state index contributed by atoms with van der Waals surface area (Å²) in [4.78, 5) is 24.8. The Morgan fingerprint density at radius 3 is 2.38 bits per heavy atom. The van der Waals surface area contributed by atoms with Crippen LogP contribution in [0.1, 0.15) is 40.5 Å². The van der Waals surface area contributed by atoms with E-state index >= 15 is 0 Å². The van der Waals surface area contributed by atoms with Gasteiger partial charge in [0.2, 0.25) is 5.91 Å². The Morgan fingerprint density at radius 1 is 1.25 bits per heavy atom. The van der Waals surface area contributed by atoms with E-state index in [1.165, 1.54) is 0 Å². The number of likely N-dealkylation sites (tertiary alicyclic amines) is 1. The van der Waals surface area contributed by atoms with Gasteiger partial charge in [0, 0.05) is 25.7 Å². The topological polar surface area (TPSA) is 75.4 Å². The molecule has 2 heterocycles. The van der Waals surface area contributed by atoms with Gasteiger partial charge in [-0.1, -0.05) is 31.2 Å². The molecule has 1 aliphatic heterocycles. The van der Waals surface area contributed by atoms with E-state index < -0.39 is 5.97 Å². The van der Waals surface area contributed by atoms with Gasteiger partial charge in [-0.05, 0) is 24.0 Å². The second-order valence-electron chi connectivity index (χ2n) is 6.53. The molecule has 1 amide bonds. The van der Waals surface area contributed by atoms with Crippen LogP contribution >= 0.6 is 0 Å². The molecule has 0 spiro atoms. The van der Waals surface area contributed by atoms with Gasteiger partial charge >= 0.3 is 5.97 Å². The number of hydrogen-bond acceptors (Lipinski definition) is 3. The number of amides is 1. The van der Waals surface area contributed by atoms with E-state index in [4.69, 9.17) is 5.11 Å². The fraction of sp³-hybridized carbons (Fsp3) is 0.389. The Hall–Kier alpha value is -2.63. The number of carbonyl (C=O) groups is 2. The van der Waals surface area contributed by atoms with Crippen LogP contribution in [-0.2, 0) is 17.9 Å². The van der Waals surface area contributed by atoms with Gasteiger partial charge in [-0.15, -0.1) is 0 Å². The van der Waals surface area contributed by atoms with Crippen molar-refractivity contribution in [3.05, 3.63) is 52.8 Å². The predicted octanol–water partition coefficient (Wildman–Crippen LogP) is 2.31. The Balaban J connectivity index is 1.65. The molecule has 6 heteroatoms. The van der Waals surface area contributed by atoms with Gasteiger partial charge < -0.3 is 10.0 Å². The molecule has 1 aromatic carbocycles. The predicted molar refractivity (Wildman–Crippen MR) is 88.7 cm³/mol. The normalized spacial score (nSPS) is 17.5. The Kier molecular flexibility index (Phi) is 4.38. The first-order chi connectivity index (χ1) is 11.4. The summed E-state index contributed by atoms with van der Waals surface area (Å²) >= 11 is 0. The molecule has 2 aromatic rings. The van der Waals surface area contributed by atoms with Crippen molar-refractivity contribution in [2.75, 3.05) is 6.54 Å². The number of carboxylic acid groups (broad SMARTS) is 1. The molecule has 24 heavy (non-hydrogen) atoms. The van der Waals surface area contributed by atoms with Crippen LogP contribution < -0.4 is 0 Å². The van der Waals surface area contributed by atoms with E-state index in [1.54, 1.807) is 17.8 Å². The first-order valence-electron chi connectivity index (χ1n) is 8.05. The van der Waals surface area contributed by atoms with E-state index in [0.29, 0.717) is 31.1 Å². The largest absolute Gasteiger partial charge is 0.478 e. The first-order valence-corrected chi connectivity index (χ1v) is 8.05. The lowest BCUT2D eigenvalue weighted by atomic mass is 10.1. The third kappa shape index (κ3) is 3.48. The fourth-order valence-corrected chi connectivity index (χ4v) is 3.09. The number of aryl methyl sites for hydroxylation is 1. The van der Waals surface area contributed by atoms with Gasteiger partial charge in [-0.25, -0.2) is 4.79 Å². The van der Waals surface area contributed by atoms with Crippen molar-refractivity contribution in [1.29, 1.82) is 0 Å². The van der Waals surface area contributed by atoms with Crippen molar-refractivity contribution in [2.24, 2.45) is 5.92 Å². The maximum Gasteiger partial charge on any atom is 0.339 e. The summed E-state index contributed by atoms with van der Waals surface area (Å²) in [6, 6.07) is 8.02. The molecule has 1 N–H and O–H groups in total. The molecular weight excluding hydrogens is 306 g/mol. The number of carbonyl (C=O) groups excluding carboxylic acids is 1. The van der Waals surface area contributed by atoms with Crippen LogP contribution in [0, 0.1) is 12.8 Å². The first kappa shape index (κ1) is 16.2. The highest BCUT2D eigenvalue weighted by molar-refractivity contribution is 5.88. The zero-order valence-corrected chi connectivity index (χ0v) is 13.9. The molecule has 126 valence electrons. The molecular formula is C18H21N3O3. The van der Waals surface area contributed by atoms with Gasteiger partial charge in [0.15, 0.2) is 0 Å². The highest BCUT2D eigenvalue weighted by atomic mass is 16.4. The van der Waals surface area contributed by atoms with Crippen LogP contribution in [0.15, 0.2) is 30.5 Å². The van der Waals surface area contributed by atoms with Crippen LogP contribution in [0.2, 0.25) is 0 Å². The summed E-state index contributed by atoms with van der Waals surface area (Å²) in [5.74, 6) is -0.304. The van der Waals surface area contributed by atoms with E-state index in [2.05, 4.69) is 12.0 Å². The molecule has 1 aromatic heterocycles. The van der Waals surface area contributed by atoms with Gasteiger partial charge in [0.05, 0.1) is 12.2 Å². The van der Waals surface area contributed by atoms with Crippen molar-refractivity contribution in [3.63, 3.8) is 0 Å². The van der Waals surface area contributed by atoms with Gasteiger partial charge in [0.25, 0.3) is 0 Å². The second-order valence-corrected chi connectivity index (χ2v) is 6.53. The molecule has 1 saturated heterocycles. The van der Waals surface area contributed by atoms with Crippen molar-refractivity contribution < 1.29 is 14.7 Å². The maximum atomic E-state index is 11.9. The molecule has 6 nitrogen and oxygen atoms in total. The minimum absolute atomic E-state index is 0.222. The highest BCUT2D eigenvalue weighted by Gasteiger charge is 2.26. The number of aromatic nitrogens is 2. The zero-order valence-electron chi connectivity index (χ0n) is 13.9. The van der Waals surface area contributed by atoms with Crippen LogP contribution in [-0.4, -0.2) is 38.2 Å². The van der Waals surface area contributed by atoms with Crippen molar-refractivity contribution in [3.8, 4) is 0 Å². The molecule has 0 radical (unpaired) electrons. The van der Waals surface area contributed by atoms with Gasteiger partial charge in [-0.3, -0.25) is 9.48 Å². The Morgan fingerprint density at radius 2 is 1.88 bits per heavy atom. The summed E-state index contributed by atoms with van der Waals surface area (Å²) < 4.78 is 1.64. The fourth-order valence-electron chi connectivity index (χ4n) is 3.09. The second kappa shape index (κ2) is 6.47. The Bertz CT molecular complexity index is 764. The highest BCUT2D eigenvalue weighted by Crippen LogP contribution is 2.19. The van der Waals surface area contributed by atoms with Gasteiger partial charge in [-0.2, -0.15) is 5.10 Å². The third-order valence-electron chi connectivity index (χ3n) is 4.33. The molecule has 0 bridgehead atoms. The van der Waals surface area contributed by atoms with Crippen LogP contribution in [0.4, 0.5) is 0 Å². The lowest BCUT2D eigenvalue weighted by molar-refractivity contribution is -0.128. The maximum absolute atomic E-state index is 11.9. The van der Waals surface area contributed by atoms with Crippen LogP contribution in [0.25, 0.3) is 0 Å². The lowest BCUT2D eigenvalue weighted by Gasteiger charge is -2.16. The minimum atomic E-state index is -0.960. The number of hydrogen-bond donors (Lipinski definition) is 1. The standard InChI is InChI=1S/C18H21N3O3/c1-12-7-17(22)20(8-12)9-14-3-5-15(6-4-14)10-21-11-16(18(23)24)13(2)19-21/h3-6,11-12H,7-10H2,1-2H3,(H,23,24). The number of carboxylic acids is 1. The SMILES string of the molecule is Cc1nn(Cc2ccc(CN3CC(C)CC3=O)cc2)cc1C(=O)O.